The van der Waals surface area contributed by atoms with E-state index in [4.69, 9.17) is 4.52 Å². The highest BCUT2D eigenvalue weighted by molar-refractivity contribution is 5.19. The Hall–Kier alpha value is -1.79. The van der Waals surface area contributed by atoms with Gasteiger partial charge in [0.25, 0.3) is 0 Å². The molecular weight excluding hydrogens is 285 g/mol. The molecule has 0 aliphatic carbocycles. The van der Waals surface area contributed by atoms with Gasteiger partial charge in [-0.3, -0.25) is 4.90 Å². The van der Waals surface area contributed by atoms with Gasteiger partial charge in [0.15, 0.2) is 5.82 Å². The van der Waals surface area contributed by atoms with Crippen molar-refractivity contribution in [2.75, 3.05) is 19.6 Å². The fourth-order valence-electron chi connectivity index (χ4n) is 2.97. The molecule has 1 aromatic heterocycles. The Kier molecular flexibility index (Phi) is 4.49. The van der Waals surface area contributed by atoms with E-state index in [2.05, 4.69) is 15.0 Å². The van der Waals surface area contributed by atoms with Gasteiger partial charge in [-0.1, -0.05) is 17.3 Å². The Morgan fingerprint density at radius 1 is 1.50 bits per heavy atom. The molecule has 1 aromatic carbocycles. The molecule has 1 saturated heterocycles. The number of piperidine rings is 1. The molecule has 3 rings (SSSR count). The maximum Gasteiger partial charge on any atom is 0.231 e. The number of hydrogen-bond donors (Lipinski definition) is 1. The monoisotopic (exact) mass is 305 g/mol. The lowest BCUT2D eigenvalue weighted by Crippen LogP contribution is -2.37. The first-order valence-electron chi connectivity index (χ1n) is 7.58. The van der Waals surface area contributed by atoms with Crippen LogP contribution in [0.1, 0.15) is 42.1 Å². The maximum atomic E-state index is 13.2. The van der Waals surface area contributed by atoms with Crippen LogP contribution in [-0.4, -0.2) is 39.8 Å². The largest absolute Gasteiger partial charge is 0.387 e. The average Bonchev–Trinajstić information content (AvgIpc) is 2.94. The zero-order chi connectivity index (χ0) is 15.5. The molecular formula is C16H20FN3O2. The summed E-state index contributed by atoms with van der Waals surface area (Å²) in [6, 6.07) is 6.13. The molecule has 0 saturated carbocycles. The molecule has 0 unspecified atom stereocenters. The third kappa shape index (κ3) is 3.51. The van der Waals surface area contributed by atoms with E-state index in [1.54, 1.807) is 19.1 Å². The topological polar surface area (TPSA) is 62.4 Å². The van der Waals surface area contributed by atoms with E-state index >= 15 is 0 Å². The van der Waals surface area contributed by atoms with Crippen molar-refractivity contribution in [3.05, 3.63) is 47.4 Å². The van der Waals surface area contributed by atoms with Crippen molar-refractivity contribution < 1.29 is 14.0 Å². The Bertz CT molecular complexity index is 631. The van der Waals surface area contributed by atoms with E-state index in [1.165, 1.54) is 12.1 Å². The lowest BCUT2D eigenvalue weighted by atomic mass is 9.97. The summed E-state index contributed by atoms with van der Waals surface area (Å²) in [6.07, 6.45) is 1.33. The number of halogens is 1. The zero-order valence-corrected chi connectivity index (χ0v) is 12.6. The van der Waals surface area contributed by atoms with E-state index in [0.717, 1.165) is 25.9 Å². The molecule has 22 heavy (non-hydrogen) atoms. The van der Waals surface area contributed by atoms with Crippen LogP contribution in [0, 0.1) is 12.7 Å². The molecule has 0 spiro atoms. The quantitative estimate of drug-likeness (QED) is 0.940. The second kappa shape index (κ2) is 6.54. The third-order valence-electron chi connectivity index (χ3n) is 4.06. The molecule has 2 atom stereocenters. The smallest absolute Gasteiger partial charge is 0.231 e. The lowest BCUT2D eigenvalue weighted by molar-refractivity contribution is 0.0908. The molecule has 1 aliphatic rings. The minimum absolute atomic E-state index is 0.203. The summed E-state index contributed by atoms with van der Waals surface area (Å²) in [5.41, 5.74) is 0.607. The van der Waals surface area contributed by atoms with E-state index in [1.807, 2.05) is 0 Å². The Labute approximate surface area is 128 Å². The van der Waals surface area contributed by atoms with Gasteiger partial charge in [0.2, 0.25) is 5.89 Å². The molecule has 118 valence electrons. The summed E-state index contributed by atoms with van der Waals surface area (Å²) in [6.45, 7) is 3.97. The van der Waals surface area contributed by atoms with Crippen molar-refractivity contribution in [1.29, 1.82) is 0 Å². The number of likely N-dealkylation sites (tertiary alicyclic amines) is 1. The molecule has 1 N–H and O–H groups in total. The second-order valence-corrected chi connectivity index (χ2v) is 5.85. The van der Waals surface area contributed by atoms with E-state index in [0.29, 0.717) is 23.8 Å². The van der Waals surface area contributed by atoms with Crippen molar-refractivity contribution in [3.63, 3.8) is 0 Å². The molecule has 1 aliphatic heterocycles. The number of β-amino-alcohol motifs (C(OH)–C–C–N with tert-alkyl or cyclic N) is 1. The van der Waals surface area contributed by atoms with Gasteiger partial charge in [-0.25, -0.2) is 4.39 Å². The van der Waals surface area contributed by atoms with Crippen LogP contribution < -0.4 is 0 Å². The van der Waals surface area contributed by atoms with Gasteiger partial charge in [0.1, 0.15) is 5.82 Å². The van der Waals surface area contributed by atoms with E-state index in [-0.39, 0.29) is 11.7 Å². The summed E-state index contributed by atoms with van der Waals surface area (Å²) >= 11 is 0. The number of benzene rings is 1. The van der Waals surface area contributed by atoms with Gasteiger partial charge in [0.05, 0.1) is 12.0 Å². The van der Waals surface area contributed by atoms with Crippen LogP contribution in [-0.2, 0) is 0 Å². The van der Waals surface area contributed by atoms with Crippen molar-refractivity contribution in [3.8, 4) is 0 Å². The fourth-order valence-corrected chi connectivity index (χ4v) is 2.97. The summed E-state index contributed by atoms with van der Waals surface area (Å²) in [5, 5.41) is 14.1. The Balaban J connectivity index is 1.62. The molecule has 6 heteroatoms. The highest BCUT2D eigenvalue weighted by Crippen LogP contribution is 2.27. The van der Waals surface area contributed by atoms with Gasteiger partial charge in [-0.05, 0) is 44.0 Å². The van der Waals surface area contributed by atoms with Gasteiger partial charge >= 0.3 is 0 Å². The standard InChI is InChI=1S/C16H20FN3O2/c1-11-18-16(22-19-11)13-5-3-7-20(9-13)10-15(21)12-4-2-6-14(17)8-12/h2,4,6,8,13,15,21H,3,5,7,9-10H2,1H3/t13-,15+/m1/s1. The van der Waals surface area contributed by atoms with Gasteiger partial charge < -0.3 is 9.63 Å². The minimum atomic E-state index is -0.695. The minimum Gasteiger partial charge on any atom is -0.387 e. The second-order valence-electron chi connectivity index (χ2n) is 5.85. The van der Waals surface area contributed by atoms with Crippen LogP contribution in [0.5, 0.6) is 0 Å². The maximum absolute atomic E-state index is 13.2. The highest BCUT2D eigenvalue weighted by atomic mass is 19.1. The summed E-state index contributed by atoms with van der Waals surface area (Å²) < 4.78 is 18.5. The number of aliphatic hydroxyl groups excluding tert-OH is 1. The molecule has 2 heterocycles. The van der Waals surface area contributed by atoms with Gasteiger partial charge in [0, 0.05) is 13.1 Å². The summed E-state index contributed by atoms with van der Waals surface area (Å²) in [7, 11) is 0. The first-order valence-corrected chi connectivity index (χ1v) is 7.58. The first-order chi connectivity index (χ1) is 10.6. The van der Waals surface area contributed by atoms with Gasteiger partial charge in [-0.15, -0.1) is 0 Å². The molecule has 1 fully saturated rings. The predicted molar refractivity (Wildman–Crippen MR) is 78.8 cm³/mol. The number of aromatic nitrogens is 2. The third-order valence-corrected chi connectivity index (χ3v) is 4.06. The zero-order valence-electron chi connectivity index (χ0n) is 12.6. The summed E-state index contributed by atoms with van der Waals surface area (Å²) in [4.78, 5) is 6.47. The number of aryl methyl sites for hydroxylation is 1. The van der Waals surface area contributed by atoms with Gasteiger partial charge in [-0.2, -0.15) is 4.98 Å². The Morgan fingerprint density at radius 2 is 2.36 bits per heavy atom. The SMILES string of the molecule is Cc1noc([C@@H]2CCCN(C[C@H](O)c3cccc(F)c3)C2)n1. The van der Waals surface area contributed by atoms with Crippen LogP contribution in [0.15, 0.2) is 28.8 Å². The molecule has 2 aromatic rings. The van der Waals surface area contributed by atoms with Crippen molar-refractivity contribution >= 4 is 0 Å². The van der Waals surface area contributed by atoms with Crippen LogP contribution in [0.25, 0.3) is 0 Å². The van der Waals surface area contributed by atoms with Crippen LogP contribution in [0.2, 0.25) is 0 Å². The molecule has 5 nitrogen and oxygen atoms in total. The van der Waals surface area contributed by atoms with E-state index in [9.17, 15) is 9.50 Å². The fraction of sp³-hybridized carbons (Fsp3) is 0.500. The van der Waals surface area contributed by atoms with Crippen LogP contribution in [0.4, 0.5) is 4.39 Å². The number of hydrogen-bond acceptors (Lipinski definition) is 5. The average molecular weight is 305 g/mol. The first kappa shape index (κ1) is 15.1. The van der Waals surface area contributed by atoms with E-state index < -0.39 is 6.10 Å². The Morgan fingerprint density at radius 3 is 3.09 bits per heavy atom. The van der Waals surface area contributed by atoms with Crippen molar-refractivity contribution in [1.82, 2.24) is 15.0 Å². The summed E-state index contributed by atoms with van der Waals surface area (Å²) in [5.74, 6) is 1.19. The molecule has 0 amide bonds. The number of rotatable bonds is 4. The predicted octanol–water partition coefficient (Wildman–Crippen LogP) is 2.43. The van der Waals surface area contributed by atoms with Crippen LogP contribution >= 0.6 is 0 Å². The van der Waals surface area contributed by atoms with Crippen molar-refractivity contribution in [2.24, 2.45) is 0 Å². The van der Waals surface area contributed by atoms with Crippen molar-refractivity contribution in [2.45, 2.75) is 31.8 Å². The number of nitrogens with zero attached hydrogens (tertiary/aromatic N) is 3. The molecule has 0 bridgehead atoms. The molecule has 0 radical (unpaired) electrons. The highest BCUT2D eigenvalue weighted by Gasteiger charge is 2.27. The normalized spacial score (nSPS) is 21.0. The lowest BCUT2D eigenvalue weighted by Gasteiger charge is -2.32. The van der Waals surface area contributed by atoms with Crippen LogP contribution in [0.3, 0.4) is 0 Å². The number of aliphatic hydroxyl groups is 1.